The number of aromatic amines is 2. The maximum Gasteiger partial charge on any atom is 0.407 e. The monoisotopic (exact) mass is 801 g/mol. The van der Waals surface area contributed by atoms with E-state index in [1.54, 1.807) is 6.20 Å². The summed E-state index contributed by atoms with van der Waals surface area (Å²) in [5.41, 5.74) is 5.45. The molecule has 15 heteroatoms. The molecule has 4 aromatic rings. The van der Waals surface area contributed by atoms with Crippen molar-refractivity contribution in [3.8, 4) is 39.7 Å². The van der Waals surface area contributed by atoms with E-state index in [1.807, 2.05) is 86.0 Å². The number of alkyl carbamates (subject to hydrolysis) is 2. The van der Waals surface area contributed by atoms with Crippen molar-refractivity contribution in [1.29, 1.82) is 5.26 Å². The SMILES string of the molecule is COC(=O)NC(C(=O)N1C(c2ncc(-c3ccc(-c4ccc(-c5[nH]c(C6CC7CCC7N6C(=O)C(NC(=O)OC)C(C)C)nc5C#N)cc4)cc3)[nH]2)CC2CC21)C(C)C. The fourth-order valence-electron chi connectivity index (χ4n) is 9.29. The number of ether oxygens (including phenoxy) is 2. The first kappa shape index (κ1) is 39.6. The summed E-state index contributed by atoms with van der Waals surface area (Å²) in [6, 6.07) is 16.6. The number of imidazole rings is 2. The van der Waals surface area contributed by atoms with Gasteiger partial charge in [0.1, 0.15) is 29.8 Å². The van der Waals surface area contributed by atoms with Crippen LogP contribution >= 0.6 is 0 Å². The quantitative estimate of drug-likeness (QED) is 0.131. The molecule has 2 saturated heterocycles. The van der Waals surface area contributed by atoms with Crippen LogP contribution in [-0.4, -0.2) is 92.1 Å². The van der Waals surface area contributed by atoms with Crippen molar-refractivity contribution in [2.24, 2.45) is 23.7 Å². The van der Waals surface area contributed by atoms with Gasteiger partial charge in [0.05, 0.1) is 43.9 Å². The molecule has 2 aliphatic heterocycles. The molecule has 4 heterocycles. The minimum Gasteiger partial charge on any atom is -0.453 e. The zero-order valence-corrected chi connectivity index (χ0v) is 34.2. The molecule has 0 radical (unpaired) electrons. The zero-order chi connectivity index (χ0) is 41.7. The van der Waals surface area contributed by atoms with Gasteiger partial charge in [-0.1, -0.05) is 76.2 Å². The third kappa shape index (κ3) is 7.41. The molecule has 2 saturated carbocycles. The van der Waals surface area contributed by atoms with Gasteiger partial charge in [0.25, 0.3) is 0 Å². The largest absolute Gasteiger partial charge is 0.453 e. The van der Waals surface area contributed by atoms with Gasteiger partial charge in [-0.25, -0.2) is 19.6 Å². The van der Waals surface area contributed by atoms with Gasteiger partial charge in [-0.3, -0.25) is 9.59 Å². The van der Waals surface area contributed by atoms with E-state index in [1.165, 1.54) is 14.2 Å². The number of methoxy groups -OCH3 is 2. The molecular weight excluding hydrogens is 751 g/mol. The number of likely N-dealkylation sites (tertiary alicyclic amines) is 2. The van der Waals surface area contributed by atoms with E-state index in [0.717, 1.165) is 65.9 Å². The van der Waals surface area contributed by atoms with Gasteiger partial charge < -0.3 is 39.9 Å². The summed E-state index contributed by atoms with van der Waals surface area (Å²) >= 11 is 0. The van der Waals surface area contributed by atoms with E-state index in [2.05, 4.69) is 26.7 Å². The van der Waals surface area contributed by atoms with Crippen LogP contribution in [0.15, 0.2) is 54.7 Å². The molecule has 4 amide bonds. The van der Waals surface area contributed by atoms with Crippen LogP contribution in [0.25, 0.3) is 33.6 Å². The molecular formula is C44H51N9O6. The molecule has 0 spiro atoms. The molecule has 59 heavy (non-hydrogen) atoms. The van der Waals surface area contributed by atoms with Crippen LogP contribution in [0.5, 0.6) is 0 Å². The number of piperidine rings is 1. The molecule has 0 bridgehead atoms. The van der Waals surface area contributed by atoms with E-state index >= 15 is 0 Å². The molecule has 8 unspecified atom stereocenters. The minimum atomic E-state index is -0.750. The average molecular weight is 802 g/mol. The van der Waals surface area contributed by atoms with Gasteiger partial charge in [-0.15, -0.1) is 0 Å². The van der Waals surface area contributed by atoms with Crippen LogP contribution in [0.3, 0.4) is 0 Å². The Labute approximate surface area is 343 Å². The summed E-state index contributed by atoms with van der Waals surface area (Å²) in [6.45, 7) is 7.61. The van der Waals surface area contributed by atoms with Crippen molar-refractivity contribution >= 4 is 24.0 Å². The Balaban J connectivity index is 0.969. The second-order valence-corrected chi connectivity index (χ2v) is 17.0. The Kier molecular flexibility index (Phi) is 10.7. The van der Waals surface area contributed by atoms with Crippen molar-refractivity contribution in [2.45, 2.75) is 96.1 Å². The number of aromatic nitrogens is 4. The normalized spacial score (nSPS) is 23.8. The molecule has 8 atom stereocenters. The van der Waals surface area contributed by atoms with Gasteiger partial charge >= 0.3 is 12.2 Å². The lowest BCUT2D eigenvalue weighted by Crippen LogP contribution is -2.54. The smallest absolute Gasteiger partial charge is 0.407 e. The standard InChI is InChI=1S/C44H51N9O6/c1-22(2)36(50-43(56)58-5)41(54)52-32-16-15-28(32)17-35(52)40-47-30(20-45)38(49-40)27-13-9-25(10-14-27)24-7-11-26(12-8-24)31-21-46-39(48-31)34-19-29-18-33(29)53(34)42(55)37(23(3)4)51-44(57)59-6/h7-14,21-23,28-29,32-37H,15-19H2,1-6H3,(H,46,48)(H,47,49)(H,50,56)(H,51,57). The Morgan fingerprint density at radius 1 is 0.712 bits per heavy atom. The highest BCUT2D eigenvalue weighted by Crippen LogP contribution is 2.54. The molecule has 2 aliphatic carbocycles. The van der Waals surface area contributed by atoms with Crippen LogP contribution in [-0.2, 0) is 19.1 Å². The number of amides is 4. The first-order valence-electron chi connectivity index (χ1n) is 20.5. The number of carbonyl (C=O) groups is 4. The number of nitrogens with zero attached hydrogens (tertiary/aromatic N) is 5. The molecule has 15 nitrogen and oxygen atoms in total. The second-order valence-electron chi connectivity index (χ2n) is 17.0. The Bertz CT molecular complexity index is 2280. The fraction of sp³-hybridized carbons (Fsp3) is 0.477. The van der Waals surface area contributed by atoms with Crippen molar-refractivity contribution in [3.05, 3.63) is 72.1 Å². The average Bonchev–Trinajstić information content (AvgIpc) is 3.59. The van der Waals surface area contributed by atoms with E-state index in [0.29, 0.717) is 23.4 Å². The van der Waals surface area contributed by atoms with Gasteiger partial charge in [0, 0.05) is 17.6 Å². The highest BCUT2D eigenvalue weighted by molar-refractivity contribution is 5.88. The fourth-order valence-corrected chi connectivity index (χ4v) is 9.29. The van der Waals surface area contributed by atoms with E-state index in [9.17, 15) is 24.4 Å². The number of rotatable bonds is 11. The lowest BCUT2D eigenvalue weighted by atomic mass is 9.80. The van der Waals surface area contributed by atoms with Gasteiger partial charge in [-0.05, 0) is 72.5 Å². The number of nitrogens with one attached hydrogen (secondary N) is 4. The lowest BCUT2D eigenvalue weighted by Gasteiger charge is -2.39. The van der Waals surface area contributed by atoms with Crippen LogP contribution in [0, 0.1) is 35.0 Å². The van der Waals surface area contributed by atoms with Crippen LogP contribution < -0.4 is 10.6 Å². The van der Waals surface area contributed by atoms with Gasteiger partial charge in [0.2, 0.25) is 11.8 Å². The van der Waals surface area contributed by atoms with Crippen molar-refractivity contribution in [1.82, 2.24) is 40.4 Å². The number of nitriles is 1. The van der Waals surface area contributed by atoms with Crippen LogP contribution in [0.4, 0.5) is 9.59 Å². The molecule has 8 rings (SSSR count). The highest BCUT2D eigenvalue weighted by Gasteiger charge is 2.56. The Morgan fingerprint density at radius 2 is 1.24 bits per heavy atom. The third-order valence-electron chi connectivity index (χ3n) is 12.8. The summed E-state index contributed by atoms with van der Waals surface area (Å²) in [4.78, 5) is 72.1. The minimum absolute atomic E-state index is 0.0629. The number of hydrogen-bond acceptors (Lipinski definition) is 9. The number of benzene rings is 2. The zero-order valence-electron chi connectivity index (χ0n) is 34.2. The summed E-state index contributed by atoms with van der Waals surface area (Å²) in [5.74, 6) is 1.52. The molecule has 2 aromatic heterocycles. The Morgan fingerprint density at radius 3 is 1.76 bits per heavy atom. The van der Waals surface area contributed by atoms with E-state index < -0.39 is 24.3 Å². The summed E-state index contributed by atoms with van der Waals surface area (Å²) in [6.07, 6.45) is 4.96. The van der Waals surface area contributed by atoms with Crippen molar-refractivity contribution < 1.29 is 28.7 Å². The predicted octanol–water partition coefficient (Wildman–Crippen LogP) is 6.48. The summed E-state index contributed by atoms with van der Waals surface area (Å²) in [5, 5.41) is 15.6. The molecule has 4 N–H and O–H groups in total. The van der Waals surface area contributed by atoms with Crippen molar-refractivity contribution in [2.75, 3.05) is 14.2 Å². The number of carbonyl (C=O) groups excluding carboxylic acids is 4. The highest BCUT2D eigenvalue weighted by atomic mass is 16.5. The number of H-pyrrole nitrogens is 2. The Hall–Kier alpha value is -6.17. The first-order valence-corrected chi connectivity index (χ1v) is 20.5. The molecule has 308 valence electrons. The second kappa shape index (κ2) is 15.9. The number of fused-ring (bicyclic) bond motifs is 2. The molecule has 4 aliphatic rings. The maximum absolute atomic E-state index is 14.0. The maximum atomic E-state index is 14.0. The summed E-state index contributed by atoms with van der Waals surface area (Å²) in [7, 11) is 2.57. The van der Waals surface area contributed by atoms with Crippen molar-refractivity contribution in [3.63, 3.8) is 0 Å². The summed E-state index contributed by atoms with van der Waals surface area (Å²) < 4.78 is 9.60. The molecule has 2 aromatic carbocycles. The first-order chi connectivity index (χ1) is 28.4. The van der Waals surface area contributed by atoms with E-state index in [4.69, 9.17) is 19.4 Å². The van der Waals surface area contributed by atoms with Gasteiger partial charge in [0.15, 0.2) is 5.69 Å². The lowest BCUT2D eigenvalue weighted by molar-refractivity contribution is -0.139. The van der Waals surface area contributed by atoms with Gasteiger partial charge in [-0.2, -0.15) is 5.26 Å². The van der Waals surface area contributed by atoms with Crippen LogP contribution in [0.2, 0.25) is 0 Å². The predicted molar refractivity (Wildman–Crippen MR) is 217 cm³/mol. The van der Waals surface area contributed by atoms with E-state index in [-0.39, 0.29) is 53.5 Å². The van der Waals surface area contributed by atoms with Crippen LogP contribution in [0.1, 0.15) is 89.2 Å². The molecule has 4 fully saturated rings. The number of hydrogen-bond donors (Lipinski definition) is 4. The topological polar surface area (TPSA) is 198 Å². The third-order valence-corrected chi connectivity index (χ3v) is 12.8.